The standard InChI is InChI=1S/C23H17IN2O/c1-16-6-5-7-17(14-16)10-13-22-25-21-12-11-18(24)15-20(21)23(27)26(22)19-8-3-2-4-9-19/h2-15H,1H3/b13-10-. The zero-order chi connectivity index (χ0) is 18.8. The van der Waals surface area contributed by atoms with Crippen LogP contribution in [0.4, 0.5) is 0 Å². The number of nitrogens with zero attached hydrogens (tertiary/aromatic N) is 2. The molecule has 0 saturated carbocycles. The summed E-state index contributed by atoms with van der Waals surface area (Å²) in [5.74, 6) is 0.612. The van der Waals surface area contributed by atoms with E-state index in [1.165, 1.54) is 5.56 Å². The van der Waals surface area contributed by atoms with Crippen LogP contribution >= 0.6 is 22.6 Å². The van der Waals surface area contributed by atoms with Crippen LogP contribution in [0.25, 0.3) is 28.7 Å². The van der Waals surface area contributed by atoms with Crippen LogP contribution in [-0.2, 0) is 0 Å². The Labute approximate surface area is 171 Å². The van der Waals surface area contributed by atoms with Gasteiger partial charge in [0, 0.05) is 3.57 Å². The number of benzene rings is 3. The summed E-state index contributed by atoms with van der Waals surface area (Å²) in [6.07, 6.45) is 3.90. The maximum Gasteiger partial charge on any atom is 0.266 e. The Bertz CT molecular complexity index is 1210. The molecule has 27 heavy (non-hydrogen) atoms. The zero-order valence-electron chi connectivity index (χ0n) is 14.8. The van der Waals surface area contributed by atoms with Crippen LogP contribution in [0, 0.1) is 10.5 Å². The van der Waals surface area contributed by atoms with Crippen molar-refractivity contribution in [1.82, 2.24) is 9.55 Å². The molecule has 132 valence electrons. The van der Waals surface area contributed by atoms with E-state index in [0.29, 0.717) is 16.7 Å². The first kappa shape index (κ1) is 17.7. The molecule has 0 atom stereocenters. The molecule has 0 spiro atoms. The molecule has 0 aliphatic carbocycles. The first-order valence-corrected chi connectivity index (χ1v) is 9.72. The molecule has 0 bridgehead atoms. The van der Waals surface area contributed by atoms with Crippen molar-refractivity contribution < 1.29 is 0 Å². The summed E-state index contributed by atoms with van der Waals surface area (Å²) in [7, 11) is 0. The first-order valence-electron chi connectivity index (χ1n) is 8.64. The Morgan fingerprint density at radius 1 is 0.926 bits per heavy atom. The minimum Gasteiger partial charge on any atom is -0.268 e. The molecule has 0 aliphatic heterocycles. The van der Waals surface area contributed by atoms with E-state index in [9.17, 15) is 4.79 Å². The highest BCUT2D eigenvalue weighted by Crippen LogP contribution is 2.17. The Balaban J connectivity index is 1.95. The summed E-state index contributed by atoms with van der Waals surface area (Å²) in [6, 6.07) is 23.6. The number of para-hydroxylation sites is 1. The predicted molar refractivity (Wildman–Crippen MR) is 120 cm³/mol. The van der Waals surface area contributed by atoms with Crippen molar-refractivity contribution in [3.8, 4) is 5.69 Å². The maximum absolute atomic E-state index is 13.3. The highest BCUT2D eigenvalue weighted by Gasteiger charge is 2.11. The molecule has 4 heteroatoms. The summed E-state index contributed by atoms with van der Waals surface area (Å²) in [5.41, 5.74) is 3.72. The molecule has 1 heterocycles. The molecule has 0 radical (unpaired) electrons. The smallest absolute Gasteiger partial charge is 0.266 e. The van der Waals surface area contributed by atoms with Crippen molar-refractivity contribution in [2.45, 2.75) is 6.92 Å². The van der Waals surface area contributed by atoms with Gasteiger partial charge < -0.3 is 0 Å². The number of hydrogen-bond acceptors (Lipinski definition) is 2. The van der Waals surface area contributed by atoms with Gasteiger partial charge in [0.1, 0.15) is 5.82 Å². The largest absolute Gasteiger partial charge is 0.268 e. The first-order chi connectivity index (χ1) is 13.1. The number of aryl methyl sites for hydroxylation is 1. The Kier molecular flexibility index (Phi) is 4.90. The second-order valence-corrected chi connectivity index (χ2v) is 7.60. The normalized spacial score (nSPS) is 11.3. The van der Waals surface area contributed by atoms with Crippen molar-refractivity contribution in [2.75, 3.05) is 0 Å². The van der Waals surface area contributed by atoms with Crippen LogP contribution in [0.15, 0.2) is 77.6 Å². The van der Waals surface area contributed by atoms with E-state index in [2.05, 4.69) is 41.6 Å². The van der Waals surface area contributed by atoms with Gasteiger partial charge in [0.15, 0.2) is 0 Å². The highest BCUT2D eigenvalue weighted by molar-refractivity contribution is 14.1. The summed E-state index contributed by atoms with van der Waals surface area (Å²) in [4.78, 5) is 18.0. The lowest BCUT2D eigenvalue weighted by molar-refractivity contribution is 0.944. The van der Waals surface area contributed by atoms with Gasteiger partial charge in [-0.25, -0.2) is 4.98 Å². The lowest BCUT2D eigenvalue weighted by Crippen LogP contribution is -2.22. The van der Waals surface area contributed by atoms with E-state index in [-0.39, 0.29) is 5.56 Å². The van der Waals surface area contributed by atoms with Gasteiger partial charge in [0.25, 0.3) is 5.56 Å². The Morgan fingerprint density at radius 3 is 2.52 bits per heavy atom. The fourth-order valence-electron chi connectivity index (χ4n) is 3.06. The molecular formula is C23H17IN2O. The Hall–Kier alpha value is -2.73. The molecule has 0 N–H and O–H groups in total. The van der Waals surface area contributed by atoms with E-state index in [0.717, 1.165) is 14.8 Å². The molecule has 4 aromatic rings. The number of aromatic nitrogens is 2. The van der Waals surface area contributed by atoms with E-state index < -0.39 is 0 Å². The lowest BCUT2D eigenvalue weighted by Gasteiger charge is -2.11. The van der Waals surface area contributed by atoms with E-state index in [4.69, 9.17) is 4.98 Å². The van der Waals surface area contributed by atoms with Gasteiger partial charge in [-0.2, -0.15) is 0 Å². The summed E-state index contributed by atoms with van der Waals surface area (Å²) >= 11 is 2.22. The fourth-order valence-corrected chi connectivity index (χ4v) is 3.55. The second-order valence-electron chi connectivity index (χ2n) is 6.36. The van der Waals surface area contributed by atoms with E-state index in [1.807, 2.05) is 72.8 Å². The fraction of sp³-hybridized carbons (Fsp3) is 0.0435. The third-order valence-corrected chi connectivity index (χ3v) is 5.01. The average molecular weight is 464 g/mol. The average Bonchev–Trinajstić information content (AvgIpc) is 2.68. The van der Waals surface area contributed by atoms with Crippen molar-refractivity contribution in [3.63, 3.8) is 0 Å². The van der Waals surface area contributed by atoms with Gasteiger partial charge in [0.05, 0.1) is 16.6 Å². The number of fused-ring (bicyclic) bond motifs is 1. The lowest BCUT2D eigenvalue weighted by atomic mass is 10.1. The molecule has 0 saturated heterocycles. The molecule has 0 aliphatic rings. The van der Waals surface area contributed by atoms with Crippen LogP contribution < -0.4 is 5.56 Å². The van der Waals surface area contributed by atoms with Gasteiger partial charge in [0.2, 0.25) is 0 Å². The SMILES string of the molecule is Cc1cccc(/C=C\c2nc3ccc(I)cc3c(=O)n2-c2ccccc2)c1. The van der Waals surface area contributed by atoms with Gasteiger partial charge in [-0.3, -0.25) is 9.36 Å². The van der Waals surface area contributed by atoms with Gasteiger partial charge in [-0.15, -0.1) is 0 Å². The van der Waals surface area contributed by atoms with Gasteiger partial charge in [-0.05, 0) is 71.5 Å². The topological polar surface area (TPSA) is 34.9 Å². The molecule has 3 aromatic carbocycles. The van der Waals surface area contributed by atoms with E-state index >= 15 is 0 Å². The van der Waals surface area contributed by atoms with Gasteiger partial charge in [-0.1, -0.05) is 54.1 Å². The second kappa shape index (κ2) is 7.48. The number of halogens is 1. The number of hydrogen-bond donors (Lipinski definition) is 0. The number of rotatable bonds is 3. The van der Waals surface area contributed by atoms with Crippen molar-refractivity contribution in [1.29, 1.82) is 0 Å². The molecule has 1 aromatic heterocycles. The molecule has 3 nitrogen and oxygen atoms in total. The summed E-state index contributed by atoms with van der Waals surface area (Å²) < 4.78 is 2.69. The summed E-state index contributed by atoms with van der Waals surface area (Å²) in [6.45, 7) is 2.06. The third-order valence-electron chi connectivity index (χ3n) is 4.34. The van der Waals surface area contributed by atoms with Crippen LogP contribution in [-0.4, -0.2) is 9.55 Å². The van der Waals surface area contributed by atoms with Crippen molar-refractivity contribution in [3.05, 3.63) is 104 Å². The molecule has 0 fully saturated rings. The highest BCUT2D eigenvalue weighted by atomic mass is 127. The van der Waals surface area contributed by atoms with Crippen LogP contribution in [0.1, 0.15) is 17.0 Å². The van der Waals surface area contributed by atoms with Crippen LogP contribution in [0.3, 0.4) is 0 Å². The van der Waals surface area contributed by atoms with Crippen LogP contribution in [0.5, 0.6) is 0 Å². The third kappa shape index (κ3) is 3.71. The molecular weight excluding hydrogens is 447 g/mol. The molecule has 0 unspecified atom stereocenters. The predicted octanol–water partition coefficient (Wildman–Crippen LogP) is 5.47. The monoisotopic (exact) mass is 464 g/mol. The Morgan fingerprint density at radius 2 is 1.74 bits per heavy atom. The minimum absolute atomic E-state index is 0.0615. The van der Waals surface area contributed by atoms with Crippen molar-refractivity contribution in [2.24, 2.45) is 0 Å². The summed E-state index contributed by atoms with van der Waals surface area (Å²) in [5, 5.41) is 0.624. The zero-order valence-corrected chi connectivity index (χ0v) is 16.9. The maximum atomic E-state index is 13.3. The van der Waals surface area contributed by atoms with Gasteiger partial charge >= 0.3 is 0 Å². The van der Waals surface area contributed by atoms with E-state index in [1.54, 1.807) is 4.57 Å². The molecule has 4 rings (SSSR count). The van der Waals surface area contributed by atoms with Crippen LogP contribution in [0.2, 0.25) is 0 Å². The minimum atomic E-state index is -0.0615. The molecule has 0 amide bonds. The quantitative estimate of drug-likeness (QED) is 0.377. The van der Waals surface area contributed by atoms with Crippen molar-refractivity contribution >= 4 is 45.6 Å².